The molecule has 1 fully saturated rings. The third-order valence-electron chi connectivity index (χ3n) is 2.58. The van der Waals surface area contributed by atoms with Crippen LogP contribution in [0.2, 0.25) is 0 Å². The minimum Gasteiger partial charge on any atom is -0.320 e. The van der Waals surface area contributed by atoms with Crippen molar-refractivity contribution in [3.63, 3.8) is 0 Å². The van der Waals surface area contributed by atoms with Gasteiger partial charge in [0.15, 0.2) is 9.84 Å². The molecule has 6 heteroatoms. The highest BCUT2D eigenvalue weighted by molar-refractivity contribution is 7.91. The van der Waals surface area contributed by atoms with Gasteiger partial charge in [-0.2, -0.15) is 0 Å². The van der Waals surface area contributed by atoms with E-state index in [2.05, 4.69) is 0 Å². The summed E-state index contributed by atoms with van der Waals surface area (Å²) in [6.45, 7) is 1.21. The SMILES string of the molecule is CC(N)(C(F)F)C1CCS(=O)(=O)C1. The van der Waals surface area contributed by atoms with Crippen LogP contribution >= 0.6 is 0 Å². The molecular weight excluding hydrogens is 200 g/mol. The zero-order chi connectivity index (χ0) is 10.3. The second kappa shape index (κ2) is 3.16. The standard InChI is InChI=1S/C7H13F2NO2S/c1-7(10,6(8)9)5-2-3-13(11,12)4-5/h5-6H,2-4,10H2,1H3. The molecule has 2 unspecified atom stereocenters. The van der Waals surface area contributed by atoms with Crippen LogP contribution in [0.3, 0.4) is 0 Å². The lowest BCUT2D eigenvalue weighted by Gasteiger charge is -2.29. The third-order valence-corrected chi connectivity index (χ3v) is 4.35. The molecule has 0 saturated carbocycles. The Labute approximate surface area is 76.2 Å². The summed E-state index contributed by atoms with van der Waals surface area (Å²) in [5.41, 5.74) is 3.69. The normalized spacial score (nSPS) is 31.9. The van der Waals surface area contributed by atoms with E-state index in [9.17, 15) is 17.2 Å². The Morgan fingerprint density at radius 2 is 2.08 bits per heavy atom. The molecule has 1 aliphatic rings. The average molecular weight is 213 g/mol. The quantitative estimate of drug-likeness (QED) is 0.722. The van der Waals surface area contributed by atoms with Crippen LogP contribution < -0.4 is 5.73 Å². The van der Waals surface area contributed by atoms with Gasteiger partial charge in [-0.25, -0.2) is 17.2 Å². The molecule has 0 spiro atoms. The molecule has 1 aliphatic heterocycles. The highest BCUT2D eigenvalue weighted by Crippen LogP contribution is 2.31. The van der Waals surface area contributed by atoms with Crippen molar-refractivity contribution >= 4 is 9.84 Å². The molecule has 0 aliphatic carbocycles. The van der Waals surface area contributed by atoms with Crippen molar-refractivity contribution in [1.82, 2.24) is 0 Å². The van der Waals surface area contributed by atoms with Crippen molar-refractivity contribution in [2.24, 2.45) is 11.7 Å². The first kappa shape index (κ1) is 10.8. The second-order valence-corrected chi connectivity index (χ2v) is 6.00. The van der Waals surface area contributed by atoms with E-state index in [1.807, 2.05) is 0 Å². The predicted octanol–water partition coefficient (Wildman–Crippen LogP) is 0.404. The zero-order valence-electron chi connectivity index (χ0n) is 7.33. The molecule has 0 aromatic rings. The Hall–Kier alpha value is -0.230. The summed E-state index contributed by atoms with van der Waals surface area (Å²) in [4.78, 5) is 0. The van der Waals surface area contributed by atoms with Gasteiger partial charge in [0.25, 0.3) is 6.43 Å². The maximum Gasteiger partial charge on any atom is 0.256 e. The van der Waals surface area contributed by atoms with Gasteiger partial charge in [0.2, 0.25) is 0 Å². The highest BCUT2D eigenvalue weighted by atomic mass is 32.2. The van der Waals surface area contributed by atoms with Gasteiger partial charge in [-0.1, -0.05) is 0 Å². The molecule has 1 saturated heterocycles. The topological polar surface area (TPSA) is 60.2 Å². The maximum atomic E-state index is 12.4. The van der Waals surface area contributed by atoms with Crippen LogP contribution in [-0.4, -0.2) is 31.9 Å². The number of halogens is 2. The van der Waals surface area contributed by atoms with E-state index in [-0.39, 0.29) is 17.9 Å². The van der Waals surface area contributed by atoms with Crippen LogP contribution in [0.5, 0.6) is 0 Å². The lowest BCUT2D eigenvalue weighted by Crippen LogP contribution is -2.51. The number of alkyl halides is 2. The molecule has 0 aromatic carbocycles. The van der Waals surface area contributed by atoms with Crippen LogP contribution in [0.4, 0.5) is 8.78 Å². The minimum absolute atomic E-state index is 0.0167. The number of hydrogen-bond acceptors (Lipinski definition) is 3. The van der Waals surface area contributed by atoms with Gasteiger partial charge in [0.05, 0.1) is 17.0 Å². The maximum absolute atomic E-state index is 12.4. The van der Waals surface area contributed by atoms with Crippen LogP contribution in [0.1, 0.15) is 13.3 Å². The van der Waals surface area contributed by atoms with Crippen molar-refractivity contribution in [2.45, 2.75) is 25.3 Å². The molecule has 2 atom stereocenters. The van der Waals surface area contributed by atoms with E-state index in [0.29, 0.717) is 0 Å². The van der Waals surface area contributed by atoms with E-state index in [1.165, 1.54) is 6.92 Å². The predicted molar refractivity (Wildman–Crippen MR) is 45.4 cm³/mol. The molecular formula is C7H13F2NO2S. The summed E-state index contributed by atoms with van der Waals surface area (Å²) in [6.07, 6.45) is -2.43. The number of sulfone groups is 1. The first-order valence-corrected chi connectivity index (χ1v) is 5.85. The van der Waals surface area contributed by atoms with E-state index in [1.54, 1.807) is 0 Å². The molecule has 0 aromatic heterocycles. The Kier molecular flexibility index (Phi) is 2.64. The molecule has 0 amide bonds. The van der Waals surface area contributed by atoms with Crippen molar-refractivity contribution in [3.05, 3.63) is 0 Å². The summed E-state index contributed by atoms with van der Waals surface area (Å²) >= 11 is 0. The van der Waals surface area contributed by atoms with Crippen LogP contribution in [-0.2, 0) is 9.84 Å². The third kappa shape index (κ3) is 2.17. The van der Waals surface area contributed by atoms with Crippen LogP contribution in [0, 0.1) is 5.92 Å². The molecule has 3 nitrogen and oxygen atoms in total. The fourth-order valence-corrected chi connectivity index (χ4v) is 3.41. The lowest BCUT2D eigenvalue weighted by molar-refractivity contribution is 0.0350. The Balaban J connectivity index is 2.76. The highest BCUT2D eigenvalue weighted by Gasteiger charge is 2.44. The summed E-state index contributed by atoms with van der Waals surface area (Å²) < 4.78 is 46.8. The molecule has 1 heterocycles. The van der Waals surface area contributed by atoms with E-state index < -0.39 is 27.7 Å². The van der Waals surface area contributed by atoms with Gasteiger partial charge in [-0.15, -0.1) is 0 Å². The zero-order valence-corrected chi connectivity index (χ0v) is 8.15. The number of rotatable bonds is 2. The number of hydrogen-bond donors (Lipinski definition) is 1. The van der Waals surface area contributed by atoms with Crippen molar-refractivity contribution in [1.29, 1.82) is 0 Å². The molecule has 13 heavy (non-hydrogen) atoms. The van der Waals surface area contributed by atoms with Gasteiger partial charge >= 0.3 is 0 Å². The van der Waals surface area contributed by atoms with Crippen molar-refractivity contribution in [3.8, 4) is 0 Å². The molecule has 78 valence electrons. The second-order valence-electron chi connectivity index (χ2n) is 3.77. The minimum atomic E-state index is -3.13. The number of nitrogens with two attached hydrogens (primary N) is 1. The first-order valence-electron chi connectivity index (χ1n) is 4.03. The van der Waals surface area contributed by atoms with Gasteiger partial charge < -0.3 is 5.73 Å². The fraction of sp³-hybridized carbons (Fsp3) is 1.00. The van der Waals surface area contributed by atoms with Gasteiger partial charge in [-0.05, 0) is 19.3 Å². The van der Waals surface area contributed by atoms with E-state index in [0.717, 1.165) is 0 Å². The summed E-state index contributed by atoms with van der Waals surface area (Å²) in [5, 5.41) is 0. The van der Waals surface area contributed by atoms with Crippen molar-refractivity contribution in [2.75, 3.05) is 11.5 Å². The summed E-state index contributed by atoms with van der Waals surface area (Å²) in [6, 6.07) is 0. The van der Waals surface area contributed by atoms with Gasteiger partial charge in [-0.3, -0.25) is 0 Å². The molecule has 2 N–H and O–H groups in total. The molecule has 0 bridgehead atoms. The Bertz CT molecular complexity index is 287. The molecule has 1 rings (SSSR count). The van der Waals surface area contributed by atoms with E-state index >= 15 is 0 Å². The molecule has 0 radical (unpaired) electrons. The smallest absolute Gasteiger partial charge is 0.256 e. The van der Waals surface area contributed by atoms with E-state index in [4.69, 9.17) is 5.73 Å². The van der Waals surface area contributed by atoms with Gasteiger partial charge in [0, 0.05) is 0 Å². The first-order chi connectivity index (χ1) is 5.76. The lowest BCUT2D eigenvalue weighted by atomic mass is 9.87. The Morgan fingerprint density at radius 3 is 2.38 bits per heavy atom. The summed E-state index contributed by atoms with van der Waals surface area (Å²) in [7, 11) is -3.13. The monoisotopic (exact) mass is 213 g/mol. The fourth-order valence-electron chi connectivity index (χ4n) is 1.46. The van der Waals surface area contributed by atoms with Crippen LogP contribution in [0.15, 0.2) is 0 Å². The van der Waals surface area contributed by atoms with Crippen molar-refractivity contribution < 1.29 is 17.2 Å². The van der Waals surface area contributed by atoms with Gasteiger partial charge in [0.1, 0.15) is 0 Å². The average Bonchev–Trinajstić information content (AvgIpc) is 2.30. The van der Waals surface area contributed by atoms with Crippen LogP contribution in [0.25, 0.3) is 0 Å². The largest absolute Gasteiger partial charge is 0.320 e. The summed E-state index contributed by atoms with van der Waals surface area (Å²) in [5.74, 6) is -0.834. The Morgan fingerprint density at radius 1 is 1.54 bits per heavy atom.